The number of unbranched alkanes of at least 4 members (excludes halogenated alkanes) is 45. The van der Waals surface area contributed by atoms with Gasteiger partial charge < -0.3 is 13.3 Å². The van der Waals surface area contributed by atoms with Gasteiger partial charge in [0.05, 0.1) is 0 Å². The molecule has 0 rings (SSSR count). The van der Waals surface area contributed by atoms with E-state index in [-0.39, 0.29) is 0 Å². The van der Waals surface area contributed by atoms with E-state index in [1.807, 2.05) is 0 Å². The van der Waals surface area contributed by atoms with Crippen LogP contribution in [0.15, 0.2) is 0 Å². The summed E-state index contributed by atoms with van der Waals surface area (Å²) in [4.78, 5) is 0. The molecule has 0 aromatic heterocycles. The normalized spacial score (nSPS) is 12.0. The van der Waals surface area contributed by atoms with E-state index in [1.54, 1.807) is 0 Å². The fraction of sp³-hybridized carbons (Fsp3) is 1.00. The number of rotatable bonds is 56. The van der Waals surface area contributed by atoms with Crippen LogP contribution in [0.5, 0.6) is 0 Å². The molecule has 0 N–H and O–H groups in total. The van der Waals surface area contributed by atoms with Gasteiger partial charge in [0.15, 0.2) is 0 Å². The Balaban J connectivity index is 4.30. The molecule has 0 aliphatic carbocycles. The van der Waals surface area contributed by atoms with Crippen LogP contribution in [0.25, 0.3) is 0 Å². The highest BCUT2D eigenvalue weighted by atomic mass is 32.1. The highest BCUT2D eigenvalue weighted by Gasteiger charge is 2.40. The summed E-state index contributed by atoms with van der Waals surface area (Å²) in [5.41, 5.74) is 0. The third-order valence-corrected chi connectivity index (χ3v) is 16.8. The molecule has 0 aromatic rings. The van der Waals surface area contributed by atoms with Crippen molar-refractivity contribution < 1.29 is 13.3 Å². The third kappa shape index (κ3) is 49.7. The van der Waals surface area contributed by atoms with Crippen molar-refractivity contribution in [2.24, 2.45) is 0 Å². The van der Waals surface area contributed by atoms with Gasteiger partial charge in [0.1, 0.15) is 0 Å². The molecule has 3 nitrogen and oxygen atoms in total. The number of thiol groups is 1. The molecule has 0 aliphatic rings. The van der Waals surface area contributed by atoms with Crippen molar-refractivity contribution in [2.45, 2.75) is 335 Å². The van der Waals surface area contributed by atoms with Gasteiger partial charge in [0.2, 0.25) is 0 Å². The Labute approximate surface area is 393 Å². The first kappa shape index (κ1) is 61.4. The third-order valence-electron chi connectivity index (χ3n) is 13.4. The van der Waals surface area contributed by atoms with Crippen LogP contribution in [0.1, 0.15) is 329 Å². The van der Waals surface area contributed by atoms with Gasteiger partial charge in [-0.2, -0.15) is 12.6 Å². The second-order valence-corrected chi connectivity index (χ2v) is 22.8. The molecule has 0 saturated heterocycles. The van der Waals surface area contributed by atoms with Crippen molar-refractivity contribution in [3.05, 3.63) is 0 Å². The summed E-state index contributed by atoms with van der Waals surface area (Å²) >= 11 is 4.68. The van der Waals surface area contributed by atoms with E-state index in [0.29, 0.717) is 0 Å². The SMILES string of the molecule is CCCCCCCCCCCCCCCCCCO[Si](CCS)(OCCCCCCCCCCCCCCCCCC)OCCCCCCCCCCCCCCCCCC. The quantitative estimate of drug-likeness (QED) is 0.0374. The monoisotopic (exact) mass is 897 g/mol. The zero-order valence-electron chi connectivity index (χ0n) is 42.6. The number of hydrogen-bond donors (Lipinski definition) is 1. The lowest BCUT2D eigenvalue weighted by Crippen LogP contribution is -2.47. The average molecular weight is 898 g/mol. The van der Waals surface area contributed by atoms with Gasteiger partial charge in [-0.1, -0.05) is 310 Å². The molecule has 368 valence electrons. The van der Waals surface area contributed by atoms with Crippen LogP contribution >= 0.6 is 12.6 Å². The summed E-state index contributed by atoms with van der Waals surface area (Å²) < 4.78 is 20.1. The Hall–Kier alpha value is 0.447. The Bertz CT molecular complexity index is 675. The zero-order chi connectivity index (χ0) is 44.1. The smallest absolute Gasteiger partial charge is 0.373 e. The van der Waals surface area contributed by atoms with Crippen LogP contribution < -0.4 is 0 Å². The minimum atomic E-state index is -2.70. The lowest BCUT2D eigenvalue weighted by molar-refractivity contribution is 0.0566. The van der Waals surface area contributed by atoms with E-state index < -0.39 is 8.80 Å². The van der Waals surface area contributed by atoms with Crippen LogP contribution in [0, 0.1) is 0 Å². The van der Waals surface area contributed by atoms with Crippen LogP contribution in [0.4, 0.5) is 0 Å². The van der Waals surface area contributed by atoms with Gasteiger partial charge in [0.25, 0.3) is 0 Å². The fourth-order valence-corrected chi connectivity index (χ4v) is 12.3. The maximum Gasteiger partial charge on any atom is 0.501 e. The van der Waals surface area contributed by atoms with Gasteiger partial charge in [-0.3, -0.25) is 0 Å². The van der Waals surface area contributed by atoms with Crippen molar-refractivity contribution in [3.63, 3.8) is 0 Å². The zero-order valence-corrected chi connectivity index (χ0v) is 44.5. The van der Waals surface area contributed by atoms with Crippen molar-refractivity contribution in [1.29, 1.82) is 0 Å². The van der Waals surface area contributed by atoms with Gasteiger partial charge >= 0.3 is 8.80 Å². The van der Waals surface area contributed by atoms with E-state index >= 15 is 0 Å². The molecular formula is C56H116O3SSi. The fourth-order valence-electron chi connectivity index (χ4n) is 9.11. The minimum Gasteiger partial charge on any atom is -0.373 e. The topological polar surface area (TPSA) is 27.7 Å². The molecule has 0 radical (unpaired) electrons. The molecule has 0 unspecified atom stereocenters. The van der Waals surface area contributed by atoms with Gasteiger partial charge in [0, 0.05) is 25.9 Å². The molecule has 0 aromatic carbocycles. The predicted octanol–water partition coefficient (Wildman–Crippen LogP) is 20.7. The molecule has 0 heterocycles. The largest absolute Gasteiger partial charge is 0.501 e. The van der Waals surface area contributed by atoms with Crippen LogP contribution in [-0.4, -0.2) is 34.4 Å². The van der Waals surface area contributed by atoms with E-state index in [4.69, 9.17) is 13.3 Å². The van der Waals surface area contributed by atoms with E-state index in [1.165, 1.54) is 289 Å². The molecule has 0 amide bonds. The first-order chi connectivity index (χ1) is 30.2. The van der Waals surface area contributed by atoms with E-state index in [0.717, 1.165) is 50.9 Å². The van der Waals surface area contributed by atoms with E-state index in [9.17, 15) is 0 Å². The molecule has 0 spiro atoms. The molecule has 0 fully saturated rings. The molecule has 0 saturated carbocycles. The standard InChI is InChI=1S/C56H116O3SSi/c1-4-7-10-13-16-19-22-25-28-31-34-37-40-43-46-49-52-57-61(56-55-60,58-53-50-47-44-41-38-35-32-29-26-23-20-17-14-11-8-5-2)59-54-51-48-45-42-39-36-33-30-27-24-21-18-15-12-9-6-3/h60H,4-56H2,1-3H3. The van der Waals surface area contributed by atoms with Crippen molar-refractivity contribution in [3.8, 4) is 0 Å². The van der Waals surface area contributed by atoms with Gasteiger partial charge in [-0.05, 0) is 25.0 Å². The lowest BCUT2D eigenvalue weighted by atomic mass is 10.0. The first-order valence-corrected chi connectivity index (χ1v) is 31.3. The maximum atomic E-state index is 6.69. The van der Waals surface area contributed by atoms with Crippen LogP contribution in [0.2, 0.25) is 6.04 Å². The van der Waals surface area contributed by atoms with Crippen molar-refractivity contribution >= 4 is 21.4 Å². The number of hydrogen-bond acceptors (Lipinski definition) is 4. The summed E-state index contributed by atoms with van der Waals surface area (Å²) in [5.74, 6) is 0.781. The highest BCUT2D eigenvalue weighted by Crippen LogP contribution is 2.22. The Morgan fingerprint density at radius 3 is 0.525 bits per heavy atom. The molecular weight excluding hydrogens is 781 g/mol. The van der Waals surface area contributed by atoms with E-state index in [2.05, 4.69) is 33.4 Å². The van der Waals surface area contributed by atoms with Gasteiger partial charge in [-0.15, -0.1) is 0 Å². The van der Waals surface area contributed by atoms with Crippen LogP contribution in [0.3, 0.4) is 0 Å². The van der Waals surface area contributed by atoms with Crippen molar-refractivity contribution in [1.82, 2.24) is 0 Å². The summed E-state index contributed by atoms with van der Waals surface area (Å²) in [7, 11) is -2.70. The minimum absolute atomic E-state index is 0.781. The summed E-state index contributed by atoms with van der Waals surface area (Å²) in [6.07, 6.45) is 66.9. The van der Waals surface area contributed by atoms with Crippen LogP contribution in [-0.2, 0) is 13.3 Å². The Kier molecular flexibility index (Phi) is 55.2. The Morgan fingerprint density at radius 2 is 0.377 bits per heavy atom. The lowest BCUT2D eigenvalue weighted by Gasteiger charge is -2.29. The summed E-state index contributed by atoms with van der Waals surface area (Å²) in [6, 6.07) is 0.840. The van der Waals surface area contributed by atoms with Crippen molar-refractivity contribution in [2.75, 3.05) is 25.6 Å². The molecule has 61 heavy (non-hydrogen) atoms. The molecule has 0 atom stereocenters. The summed E-state index contributed by atoms with van der Waals surface area (Å²) in [5, 5.41) is 0. The first-order valence-electron chi connectivity index (χ1n) is 28.8. The second-order valence-electron chi connectivity index (χ2n) is 19.6. The molecule has 0 aliphatic heterocycles. The summed E-state index contributed by atoms with van der Waals surface area (Å²) in [6.45, 7) is 9.29. The maximum absolute atomic E-state index is 6.69. The predicted molar refractivity (Wildman–Crippen MR) is 281 cm³/mol. The second kappa shape index (κ2) is 54.8. The molecule has 0 bridgehead atoms. The Morgan fingerprint density at radius 1 is 0.230 bits per heavy atom. The van der Waals surface area contributed by atoms with Gasteiger partial charge in [-0.25, -0.2) is 0 Å². The highest BCUT2D eigenvalue weighted by molar-refractivity contribution is 7.80. The molecule has 5 heteroatoms. The average Bonchev–Trinajstić information content (AvgIpc) is 3.27.